The normalized spacial score (nSPS) is 21.2. The first-order valence-electron chi connectivity index (χ1n) is 14.7. The Morgan fingerprint density at radius 1 is 0.545 bits per heavy atom. The molecule has 2 unspecified atom stereocenters. The van der Waals surface area contributed by atoms with Crippen molar-refractivity contribution in [3.8, 4) is 28.7 Å². The van der Waals surface area contributed by atoms with E-state index in [-0.39, 0.29) is 23.4 Å². The van der Waals surface area contributed by atoms with Crippen LogP contribution in [0.3, 0.4) is 0 Å². The average Bonchev–Trinajstić information content (AvgIpc) is 3.06. The van der Waals surface area contributed by atoms with Gasteiger partial charge in [-0.05, 0) is 64.9 Å². The standard InChI is InChI=1S/C36H36O8/c1-39-25-10-6-20(7-11-25)22-14-27(37)34-29(16-22)44-30-17-23(21-8-12-26(40-2)13-9-21)15-28(38)35(30)33(34)24-18-31(41-3)36(43-5)32(19-24)42-4/h6-13,18-19,22-23,33H,14-17H2,1-5H3. The minimum atomic E-state index is -0.615. The number of carbonyl (C=O) groups excluding carboxylic acids is 2. The predicted octanol–water partition coefficient (Wildman–Crippen LogP) is 6.65. The zero-order valence-electron chi connectivity index (χ0n) is 25.6. The van der Waals surface area contributed by atoms with Crippen molar-refractivity contribution in [3.05, 3.63) is 100 Å². The third kappa shape index (κ3) is 5.19. The van der Waals surface area contributed by atoms with Gasteiger partial charge in [-0.3, -0.25) is 9.59 Å². The van der Waals surface area contributed by atoms with Crippen LogP contribution in [0.2, 0.25) is 0 Å². The van der Waals surface area contributed by atoms with Crippen LogP contribution in [0.4, 0.5) is 0 Å². The van der Waals surface area contributed by atoms with Crippen LogP contribution in [0.1, 0.15) is 60.1 Å². The van der Waals surface area contributed by atoms with Crippen LogP contribution in [0.25, 0.3) is 0 Å². The molecule has 2 aliphatic carbocycles. The van der Waals surface area contributed by atoms with Crippen LogP contribution in [-0.4, -0.2) is 47.1 Å². The summed E-state index contributed by atoms with van der Waals surface area (Å²) in [5.74, 6) is 3.27. The molecule has 0 aromatic heterocycles. The van der Waals surface area contributed by atoms with Crippen molar-refractivity contribution < 1.29 is 38.0 Å². The Kier molecular flexibility index (Phi) is 8.08. The van der Waals surface area contributed by atoms with Gasteiger partial charge < -0.3 is 28.4 Å². The number of rotatable bonds is 8. The minimum absolute atomic E-state index is 0.0394. The van der Waals surface area contributed by atoms with Crippen molar-refractivity contribution in [1.29, 1.82) is 0 Å². The van der Waals surface area contributed by atoms with Gasteiger partial charge in [0.1, 0.15) is 23.0 Å². The number of allylic oxidation sites excluding steroid dienone is 4. The molecule has 3 aliphatic rings. The van der Waals surface area contributed by atoms with Crippen LogP contribution in [0.5, 0.6) is 28.7 Å². The minimum Gasteiger partial charge on any atom is -0.497 e. The first-order chi connectivity index (χ1) is 21.4. The van der Waals surface area contributed by atoms with Crippen molar-refractivity contribution in [2.24, 2.45) is 0 Å². The van der Waals surface area contributed by atoms with E-state index in [4.69, 9.17) is 28.4 Å². The number of hydrogen-bond donors (Lipinski definition) is 0. The van der Waals surface area contributed by atoms with Gasteiger partial charge in [0.15, 0.2) is 23.1 Å². The SMILES string of the molecule is COc1ccc(C2CC(=O)C3=C(C2)OC2=C(C(=O)CC(c4ccc(OC)cc4)C2)C3c2cc(OC)c(OC)c(OC)c2)cc1. The Labute approximate surface area is 257 Å². The summed E-state index contributed by atoms with van der Waals surface area (Å²) in [7, 11) is 7.91. The highest BCUT2D eigenvalue weighted by Gasteiger charge is 2.46. The lowest BCUT2D eigenvalue weighted by molar-refractivity contribution is -0.118. The molecule has 3 aromatic rings. The van der Waals surface area contributed by atoms with Crippen LogP contribution in [0.15, 0.2) is 83.3 Å². The highest BCUT2D eigenvalue weighted by Crippen LogP contribution is 2.53. The maximum Gasteiger partial charge on any atom is 0.203 e. The zero-order chi connectivity index (χ0) is 31.0. The van der Waals surface area contributed by atoms with Crippen LogP contribution in [0, 0.1) is 0 Å². The Morgan fingerprint density at radius 3 is 1.34 bits per heavy atom. The molecule has 0 spiro atoms. The summed E-state index contributed by atoms with van der Waals surface area (Å²) in [4.78, 5) is 28.2. The fraction of sp³-hybridized carbons (Fsp3) is 0.333. The highest BCUT2D eigenvalue weighted by molar-refractivity contribution is 6.06. The molecule has 3 aromatic carbocycles. The fourth-order valence-electron chi connectivity index (χ4n) is 6.75. The van der Waals surface area contributed by atoms with Gasteiger partial charge in [0.05, 0.1) is 35.5 Å². The van der Waals surface area contributed by atoms with E-state index in [1.165, 1.54) is 0 Å². The van der Waals surface area contributed by atoms with E-state index < -0.39 is 5.92 Å². The molecule has 2 atom stereocenters. The lowest BCUT2D eigenvalue weighted by Gasteiger charge is -2.39. The molecule has 1 heterocycles. The van der Waals surface area contributed by atoms with E-state index in [2.05, 4.69) is 0 Å². The van der Waals surface area contributed by atoms with E-state index >= 15 is 0 Å². The summed E-state index contributed by atoms with van der Waals surface area (Å²) < 4.78 is 34.2. The van der Waals surface area contributed by atoms with Gasteiger partial charge >= 0.3 is 0 Å². The molecule has 0 radical (unpaired) electrons. The molecular weight excluding hydrogens is 560 g/mol. The molecule has 1 aliphatic heterocycles. The van der Waals surface area contributed by atoms with Gasteiger partial charge in [0, 0.05) is 42.7 Å². The van der Waals surface area contributed by atoms with Crippen molar-refractivity contribution in [2.75, 3.05) is 35.5 Å². The average molecular weight is 597 g/mol. The number of ether oxygens (including phenoxy) is 6. The van der Waals surface area contributed by atoms with Gasteiger partial charge in [-0.2, -0.15) is 0 Å². The number of hydrogen-bond acceptors (Lipinski definition) is 8. The number of carbonyl (C=O) groups is 2. The molecule has 8 heteroatoms. The molecule has 6 rings (SSSR count). The maximum absolute atomic E-state index is 14.1. The summed E-state index contributed by atoms with van der Waals surface area (Å²) in [6, 6.07) is 19.3. The van der Waals surface area contributed by atoms with E-state index in [0.717, 1.165) is 28.2 Å². The second-order valence-electron chi connectivity index (χ2n) is 11.3. The quantitative estimate of drug-likeness (QED) is 0.286. The second kappa shape index (κ2) is 12.1. The number of Topliss-reactive ketones (excluding diaryl/α,β-unsaturated/α-hetero) is 2. The number of ketones is 2. The van der Waals surface area contributed by atoms with Crippen molar-refractivity contribution in [1.82, 2.24) is 0 Å². The fourth-order valence-corrected chi connectivity index (χ4v) is 6.75. The third-order valence-electron chi connectivity index (χ3n) is 8.95. The Balaban J connectivity index is 1.46. The maximum atomic E-state index is 14.1. The predicted molar refractivity (Wildman–Crippen MR) is 164 cm³/mol. The largest absolute Gasteiger partial charge is 0.497 e. The van der Waals surface area contributed by atoms with Crippen molar-refractivity contribution in [3.63, 3.8) is 0 Å². The monoisotopic (exact) mass is 596 g/mol. The van der Waals surface area contributed by atoms with Gasteiger partial charge in [-0.1, -0.05) is 24.3 Å². The molecule has 0 bridgehead atoms. The van der Waals surface area contributed by atoms with E-state index in [9.17, 15) is 9.59 Å². The Hall–Kier alpha value is -4.72. The van der Waals surface area contributed by atoms with Crippen LogP contribution in [-0.2, 0) is 14.3 Å². The van der Waals surface area contributed by atoms with Gasteiger partial charge in [0.2, 0.25) is 5.75 Å². The molecule has 0 N–H and O–H groups in total. The summed E-state index contributed by atoms with van der Waals surface area (Å²) in [5, 5.41) is 0. The van der Waals surface area contributed by atoms with Crippen LogP contribution < -0.4 is 23.7 Å². The molecule has 44 heavy (non-hydrogen) atoms. The molecular formula is C36H36O8. The highest BCUT2D eigenvalue weighted by atomic mass is 16.5. The molecule has 0 fully saturated rings. The third-order valence-corrected chi connectivity index (χ3v) is 8.95. The zero-order valence-corrected chi connectivity index (χ0v) is 25.6. The van der Waals surface area contributed by atoms with E-state index in [0.29, 0.717) is 65.6 Å². The van der Waals surface area contributed by atoms with Gasteiger partial charge in [0.25, 0.3) is 0 Å². The lowest BCUT2D eigenvalue weighted by Crippen LogP contribution is -2.33. The summed E-state index contributed by atoms with van der Waals surface area (Å²) in [6.45, 7) is 0. The molecule has 228 valence electrons. The summed E-state index contributed by atoms with van der Waals surface area (Å²) in [6.07, 6.45) is 1.68. The van der Waals surface area contributed by atoms with E-state index in [1.807, 2.05) is 60.7 Å². The van der Waals surface area contributed by atoms with Gasteiger partial charge in [-0.15, -0.1) is 0 Å². The second-order valence-corrected chi connectivity index (χ2v) is 11.3. The molecule has 8 nitrogen and oxygen atoms in total. The van der Waals surface area contributed by atoms with Gasteiger partial charge in [-0.25, -0.2) is 0 Å². The Bertz CT molecular complexity index is 1530. The number of methoxy groups -OCH3 is 5. The summed E-state index contributed by atoms with van der Waals surface area (Å²) in [5.41, 5.74) is 3.84. The van der Waals surface area contributed by atoms with Crippen molar-refractivity contribution >= 4 is 11.6 Å². The smallest absolute Gasteiger partial charge is 0.203 e. The summed E-state index contributed by atoms with van der Waals surface area (Å²) >= 11 is 0. The van der Waals surface area contributed by atoms with E-state index in [1.54, 1.807) is 35.5 Å². The van der Waals surface area contributed by atoms with Crippen LogP contribution >= 0.6 is 0 Å². The molecule has 0 amide bonds. The Morgan fingerprint density at radius 2 is 0.977 bits per heavy atom. The molecule has 0 saturated heterocycles. The van der Waals surface area contributed by atoms with Crippen molar-refractivity contribution in [2.45, 2.75) is 43.4 Å². The first-order valence-corrected chi connectivity index (χ1v) is 14.7. The molecule has 0 saturated carbocycles. The lowest BCUT2D eigenvalue weighted by atomic mass is 9.69. The first kappa shape index (κ1) is 29.4. The topological polar surface area (TPSA) is 89.5 Å². The number of benzene rings is 3.